The molecule has 16 heavy (non-hydrogen) atoms. The SMILES string of the molecule is COc1ccc(-n2nc(OC)cc2N)cc1. The van der Waals surface area contributed by atoms with Gasteiger partial charge in [0.1, 0.15) is 11.6 Å². The predicted octanol–water partition coefficient (Wildman–Crippen LogP) is 1.47. The number of rotatable bonds is 3. The highest BCUT2D eigenvalue weighted by molar-refractivity contribution is 5.46. The van der Waals surface area contributed by atoms with Gasteiger partial charge in [-0.1, -0.05) is 0 Å². The number of anilines is 1. The number of aromatic nitrogens is 2. The van der Waals surface area contributed by atoms with E-state index < -0.39 is 0 Å². The van der Waals surface area contributed by atoms with Gasteiger partial charge in [-0.25, -0.2) is 4.68 Å². The predicted molar refractivity (Wildman–Crippen MR) is 61.1 cm³/mol. The van der Waals surface area contributed by atoms with Crippen LogP contribution in [0.2, 0.25) is 0 Å². The molecule has 0 amide bonds. The van der Waals surface area contributed by atoms with Crippen LogP contribution in [0.1, 0.15) is 0 Å². The molecule has 2 aromatic rings. The maximum Gasteiger partial charge on any atom is 0.235 e. The molecule has 0 unspecified atom stereocenters. The second-order valence-electron chi connectivity index (χ2n) is 3.22. The molecule has 1 aromatic carbocycles. The molecule has 0 spiro atoms. The van der Waals surface area contributed by atoms with Crippen molar-refractivity contribution in [2.75, 3.05) is 20.0 Å². The Kier molecular flexibility index (Phi) is 2.68. The van der Waals surface area contributed by atoms with Gasteiger partial charge in [0, 0.05) is 6.07 Å². The van der Waals surface area contributed by atoms with Crippen LogP contribution >= 0.6 is 0 Å². The van der Waals surface area contributed by atoms with Crippen LogP contribution in [0.4, 0.5) is 5.82 Å². The number of hydrogen-bond acceptors (Lipinski definition) is 4. The molecule has 2 N–H and O–H groups in total. The number of benzene rings is 1. The van der Waals surface area contributed by atoms with E-state index in [4.69, 9.17) is 15.2 Å². The molecule has 0 aliphatic carbocycles. The third-order valence-electron chi connectivity index (χ3n) is 2.24. The molecular formula is C11H13N3O2. The van der Waals surface area contributed by atoms with Gasteiger partial charge in [0.2, 0.25) is 5.88 Å². The van der Waals surface area contributed by atoms with Crippen LogP contribution in [0.5, 0.6) is 11.6 Å². The summed E-state index contributed by atoms with van der Waals surface area (Å²) in [7, 11) is 3.18. The zero-order valence-corrected chi connectivity index (χ0v) is 9.18. The molecule has 1 aromatic heterocycles. The van der Waals surface area contributed by atoms with Crippen molar-refractivity contribution in [3.8, 4) is 17.3 Å². The van der Waals surface area contributed by atoms with Crippen LogP contribution in [0, 0.1) is 0 Å². The maximum atomic E-state index is 5.81. The minimum atomic E-state index is 0.494. The van der Waals surface area contributed by atoms with Gasteiger partial charge in [0.05, 0.1) is 19.9 Å². The van der Waals surface area contributed by atoms with Gasteiger partial charge in [-0.3, -0.25) is 0 Å². The zero-order chi connectivity index (χ0) is 11.5. The van der Waals surface area contributed by atoms with Gasteiger partial charge < -0.3 is 15.2 Å². The van der Waals surface area contributed by atoms with Gasteiger partial charge >= 0.3 is 0 Å². The first kappa shape index (κ1) is 10.4. The lowest BCUT2D eigenvalue weighted by Gasteiger charge is -2.04. The minimum Gasteiger partial charge on any atom is -0.497 e. The van der Waals surface area contributed by atoms with E-state index in [0.717, 1.165) is 11.4 Å². The van der Waals surface area contributed by atoms with Crippen LogP contribution in [0.3, 0.4) is 0 Å². The Hall–Kier alpha value is -2.17. The highest BCUT2D eigenvalue weighted by Crippen LogP contribution is 2.20. The standard InChI is InChI=1S/C11H13N3O2/c1-15-9-5-3-8(4-6-9)14-10(12)7-11(13-14)16-2/h3-7H,12H2,1-2H3. The van der Waals surface area contributed by atoms with E-state index in [9.17, 15) is 0 Å². The summed E-state index contributed by atoms with van der Waals surface area (Å²) < 4.78 is 11.7. The fraction of sp³-hybridized carbons (Fsp3) is 0.182. The molecule has 0 saturated carbocycles. The molecule has 5 nitrogen and oxygen atoms in total. The molecule has 0 aliphatic heterocycles. The lowest BCUT2D eigenvalue weighted by atomic mass is 10.3. The number of ether oxygens (including phenoxy) is 2. The van der Waals surface area contributed by atoms with E-state index >= 15 is 0 Å². The van der Waals surface area contributed by atoms with Crippen molar-refractivity contribution in [1.29, 1.82) is 0 Å². The van der Waals surface area contributed by atoms with Crippen molar-refractivity contribution in [2.45, 2.75) is 0 Å². The first-order chi connectivity index (χ1) is 7.74. The molecule has 0 bridgehead atoms. The van der Waals surface area contributed by atoms with Crippen LogP contribution < -0.4 is 15.2 Å². The normalized spacial score (nSPS) is 10.1. The number of nitrogen functional groups attached to an aromatic ring is 1. The summed E-state index contributed by atoms with van der Waals surface area (Å²) in [5.41, 5.74) is 6.67. The summed E-state index contributed by atoms with van der Waals surface area (Å²) in [6.45, 7) is 0. The number of nitrogens with two attached hydrogens (primary N) is 1. The molecule has 2 rings (SSSR count). The van der Waals surface area contributed by atoms with Crippen molar-refractivity contribution in [3.05, 3.63) is 30.3 Å². The summed E-state index contributed by atoms with van der Waals surface area (Å²) in [5, 5.41) is 4.18. The number of nitrogens with zero attached hydrogens (tertiary/aromatic N) is 2. The molecule has 1 heterocycles. The van der Waals surface area contributed by atoms with Crippen molar-refractivity contribution < 1.29 is 9.47 Å². The first-order valence-electron chi connectivity index (χ1n) is 4.78. The molecule has 0 aliphatic rings. The van der Waals surface area contributed by atoms with E-state index in [2.05, 4.69) is 5.10 Å². The maximum absolute atomic E-state index is 5.81. The fourth-order valence-corrected chi connectivity index (χ4v) is 1.40. The summed E-state index contributed by atoms with van der Waals surface area (Å²) in [5.74, 6) is 1.82. The number of hydrogen-bond donors (Lipinski definition) is 1. The van der Waals surface area contributed by atoms with Crippen LogP contribution in [0.15, 0.2) is 30.3 Å². The quantitative estimate of drug-likeness (QED) is 0.849. The van der Waals surface area contributed by atoms with E-state index in [0.29, 0.717) is 11.7 Å². The van der Waals surface area contributed by atoms with Crippen LogP contribution in [0.25, 0.3) is 5.69 Å². The molecule has 0 fully saturated rings. The Morgan fingerprint density at radius 2 is 1.81 bits per heavy atom. The average molecular weight is 219 g/mol. The summed E-state index contributed by atoms with van der Waals surface area (Å²) in [4.78, 5) is 0. The minimum absolute atomic E-state index is 0.494. The third-order valence-corrected chi connectivity index (χ3v) is 2.24. The largest absolute Gasteiger partial charge is 0.497 e. The van der Waals surface area contributed by atoms with Crippen LogP contribution in [-0.2, 0) is 0 Å². The molecule has 0 radical (unpaired) electrons. The second-order valence-corrected chi connectivity index (χ2v) is 3.22. The van der Waals surface area contributed by atoms with Crippen molar-refractivity contribution in [2.24, 2.45) is 0 Å². The Balaban J connectivity index is 2.38. The van der Waals surface area contributed by atoms with E-state index in [-0.39, 0.29) is 0 Å². The van der Waals surface area contributed by atoms with E-state index in [1.54, 1.807) is 25.0 Å². The van der Waals surface area contributed by atoms with Gasteiger partial charge in [-0.2, -0.15) is 0 Å². The Morgan fingerprint density at radius 3 is 2.31 bits per heavy atom. The van der Waals surface area contributed by atoms with E-state index in [1.807, 2.05) is 24.3 Å². The van der Waals surface area contributed by atoms with Gasteiger partial charge in [-0.05, 0) is 24.3 Å². The molecule has 0 atom stereocenters. The third kappa shape index (κ3) is 1.79. The average Bonchev–Trinajstić information content (AvgIpc) is 2.71. The fourth-order valence-electron chi connectivity index (χ4n) is 1.40. The van der Waals surface area contributed by atoms with Crippen LogP contribution in [-0.4, -0.2) is 24.0 Å². The van der Waals surface area contributed by atoms with Gasteiger partial charge in [0.15, 0.2) is 0 Å². The second kappa shape index (κ2) is 4.14. The van der Waals surface area contributed by atoms with Gasteiger partial charge in [-0.15, -0.1) is 5.10 Å². The first-order valence-corrected chi connectivity index (χ1v) is 4.78. The molecule has 84 valence electrons. The van der Waals surface area contributed by atoms with Crippen molar-refractivity contribution in [3.63, 3.8) is 0 Å². The van der Waals surface area contributed by atoms with E-state index in [1.165, 1.54) is 0 Å². The summed E-state index contributed by atoms with van der Waals surface area (Å²) in [6.07, 6.45) is 0. The monoisotopic (exact) mass is 219 g/mol. The topological polar surface area (TPSA) is 62.3 Å². The summed E-state index contributed by atoms with van der Waals surface area (Å²) in [6, 6.07) is 9.12. The molecule has 5 heteroatoms. The van der Waals surface area contributed by atoms with Crippen molar-refractivity contribution in [1.82, 2.24) is 9.78 Å². The highest BCUT2D eigenvalue weighted by atomic mass is 16.5. The van der Waals surface area contributed by atoms with Gasteiger partial charge in [0.25, 0.3) is 0 Å². The molecule has 0 saturated heterocycles. The lowest BCUT2D eigenvalue weighted by molar-refractivity contribution is 0.394. The van der Waals surface area contributed by atoms with Crippen molar-refractivity contribution >= 4 is 5.82 Å². The Labute approximate surface area is 93.4 Å². The zero-order valence-electron chi connectivity index (χ0n) is 9.18. The highest BCUT2D eigenvalue weighted by Gasteiger charge is 2.06. The Bertz CT molecular complexity index is 476. The summed E-state index contributed by atoms with van der Waals surface area (Å²) >= 11 is 0. The number of methoxy groups -OCH3 is 2. The smallest absolute Gasteiger partial charge is 0.235 e. The lowest BCUT2D eigenvalue weighted by Crippen LogP contribution is -2.01. The Morgan fingerprint density at radius 1 is 1.12 bits per heavy atom. The molecular weight excluding hydrogens is 206 g/mol.